The molecule has 2 aliphatic rings. The minimum atomic E-state index is -4.51. The summed E-state index contributed by atoms with van der Waals surface area (Å²) in [4.78, 5) is 12.6. The van der Waals surface area contributed by atoms with E-state index in [1.54, 1.807) is 0 Å². The van der Waals surface area contributed by atoms with Crippen molar-refractivity contribution in [2.75, 3.05) is 50.8 Å². The highest BCUT2D eigenvalue weighted by atomic mass is 32.2. The van der Waals surface area contributed by atoms with Gasteiger partial charge in [0.15, 0.2) is 5.82 Å². The highest BCUT2D eigenvalue weighted by molar-refractivity contribution is 7.88. The molecule has 0 amide bonds. The molecule has 2 saturated heterocycles. The molecule has 4 aromatic rings. The molecule has 48 heavy (non-hydrogen) atoms. The highest BCUT2D eigenvalue weighted by Crippen LogP contribution is 2.36. The zero-order chi connectivity index (χ0) is 34.4. The Labute approximate surface area is 281 Å². The number of halogens is 4. The summed E-state index contributed by atoms with van der Waals surface area (Å²) in [5.74, 6) is -0.681. The third-order valence-electron chi connectivity index (χ3n) is 9.57. The van der Waals surface area contributed by atoms with Crippen molar-refractivity contribution in [3.8, 4) is 6.07 Å². The fourth-order valence-corrected chi connectivity index (χ4v) is 8.73. The summed E-state index contributed by atoms with van der Waals surface area (Å²) in [7, 11) is -3.21. The maximum atomic E-state index is 15.0. The Morgan fingerprint density at radius 2 is 1.83 bits per heavy atom. The van der Waals surface area contributed by atoms with Crippen molar-refractivity contribution in [3.63, 3.8) is 0 Å². The maximum absolute atomic E-state index is 15.0. The molecule has 0 spiro atoms. The molecule has 258 valence electrons. The largest absolute Gasteiger partial charge is 0.393 e. The Balaban J connectivity index is 1.09. The minimum Gasteiger partial charge on any atom is -0.367 e. The number of sulfonamides is 1. The summed E-state index contributed by atoms with van der Waals surface area (Å²) in [5, 5.41) is 14.3. The first-order valence-corrected chi connectivity index (χ1v) is 18.6. The zero-order valence-electron chi connectivity index (χ0n) is 27.0. The van der Waals surface area contributed by atoms with Crippen molar-refractivity contribution in [3.05, 3.63) is 52.0 Å². The number of aromatic nitrogens is 3. The van der Waals surface area contributed by atoms with Gasteiger partial charge in [-0.3, -0.25) is 9.80 Å². The van der Waals surface area contributed by atoms with Gasteiger partial charge >= 0.3 is 6.18 Å². The number of piperidine rings is 1. The second-order valence-corrected chi connectivity index (χ2v) is 15.9. The highest BCUT2D eigenvalue weighted by Gasteiger charge is 2.32. The van der Waals surface area contributed by atoms with E-state index in [4.69, 9.17) is 0 Å². The third kappa shape index (κ3) is 7.30. The van der Waals surface area contributed by atoms with Crippen LogP contribution >= 0.6 is 11.3 Å². The Morgan fingerprint density at radius 3 is 2.48 bits per heavy atom. The van der Waals surface area contributed by atoms with Crippen LogP contribution in [0.15, 0.2) is 24.5 Å². The molecule has 0 radical (unpaired) electrons. The number of thiophene rings is 1. The van der Waals surface area contributed by atoms with Gasteiger partial charge in [0.05, 0.1) is 22.9 Å². The number of hydrogen-bond acceptors (Lipinski definition) is 9. The predicted octanol–water partition coefficient (Wildman–Crippen LogP) is 5.11. The minimum absolute atomic E-state index is 0.0145. The van der Waals surface area contributed by atoms with Gasteiger partial charge in [0.25, 0.3) is 0 Å². The number of anilines is 1. The number of benzene rings is 1. The first-order chi connectivity index (χ1) is 22.7. The van der Waals surface area contributed by atoms with E-state index >= 15 is 4.39 Å². The second-order valence-electron chi connectivity index (χ2n) is 12.8. The molecule has 6 rings (SSSR count). The molecule has 0 saturated carbocycles. The molecule has 5 heterocycles. The van der Waals surface area contributed by atoms with Crippen LogP contribution in [0.5, 0.6) is 0 Å². The molecule has 1 atom stereocenters. The van der Waals surface area contributed by atoms with E-state index in [1.165, 1.54) is 16.9 Å². The van der Waals surface area contributed by atoms with Gasteiger partial charge in [-0.05, 0) is 49.9 Å². The molecule has 10 nitrogen and oxygen atoms in total. The molecule has 16 heteroatoms. The summed E-state index contributed by atoms with van der Waals surface area (Å²) in [5.41, 5.74) is 3.86. The Hall–Kier alpha value is -3.36. The van der Waals surface area contributed by atoms with Crippen LogP contribution < -0.4 is 5.32 Å². The number of alkyl halides is 3. The summed E-state index contributed by atoms with van der Waals surface area (Å²) >= 11 is 0.709. The number of hydrogen-bond donors (Lipinski definition) is 1. The topological polar surface area (TPSA) is 110 Å². The predicted molar refractivity (Wildman–Crippen MR) is 178 cm³/mol. The smallest absolute Gasteiger partial charge is 0.367 e. The number of piperazine rings is 1. The molecule has 0 unspecified atom stereocenters. The molecule has 2 fully saturated rings. The van der Waals surface area contributed by atoms with Crippen LogP contribution in [0.4, 0.5) is 23.4 Å². The van der Waals surface area contributed by atoms with E-state index in [0.29, 0.717) is 49.8 Å². The van der Waals surface area contributed by atoms with E-state index in [1.807, 2.05) is 6.07 Å². The summed E-state index contributed by atoms with van der Waals surface area (Å²) in [6, 6.07) is 8.59. The second kappa shape index (κ2) is 13.5. The lowest BCUT2D eigenvalue weighted by molar-refractivity contribution is -0.127. The average Bonchev–Trinajstić information content (AvgIpc) is 3.55. The number of fused-ring (bicyclic) bond motifs is 2. The van der Waals surface area contributed by atoms with Gasteiger partial charge in [-0.25, -0.2) is 22.8 Å². The molecule has 1 aromatic carbocycles. The van der Waals surface area contributed by atoms with Crippen molar-refractivity contribution < 1.29 is 26.0 Å². The number of likely N-dealkylation sites (tertiary alicyclic amines) is 1. The summed E-state index contributed by atoms with van der Waals surface area (Å²) in [6.45, 7) is 9.26. The molecule has 2 aliphatic heterocycles. The first kappa shape index (κ1) is 34.5. The fourth-order valence-electron chi connectivity index (χ4n) is 6.86. The molecular weight excluding hydrogens is 669 g/mol. The van der Waals surface area contributed by atoms with Crippen molar-refractivity contribution in [2.45, 2.75) is 64.5 Å². The van der Waals surface area contributed by atoms with Crippen LogP contribution in [0.1, 0.15) is 41.5 Å². The van der Waals surface area contributed by atoms with E-state index in [2.05, 4.69) is 61.7 Å². The number of nitrogens with zero attached hydrogens (tertiary/aromatic N) is 7. The zero-order valence-corrected chi connectivity index (χ0v) is 28.7. The molecule has 0 bridgehead atoms. The van der Waals surface area contributed by atoms with E-state index in [9.17, 15) is 26.9 Å². The SMILES string of the molecule is Cc1c(CN2CCC(Nc3ncnc4sc(CC(F)(F)F)c(F)c34)CC2)ccc2c1cc(C#N)n2C[C@H](C)N1CCN(S(C)(=O)=O)CC1. The van der Waals surface area contributed by atoms with Crippen LogP contribution in [0, 0.1) is 24.1 Å². The fraction of sp³-hybridized carbons (Fsp3) is 0.531. The van der Waals surface area contributed by atoms with Crippen molar-refractivity contribution in [1.82, 2.24) is 28.6 Å². The van der Waals surface area contributed by atoms with E-state index < -0.39 is 28.4 Å². The van der Waals surface area contributed by atoms with Crippen molar-refractivity contribution >= 4 is 48.3 Å². The van der Waals surface area contributed by atoms with Gasteiger partial charge in [-0.2, -0.15) is 22.7 Å². The quantitative estimate of drug-likeness (QED) is 0.239. The van der Waals surface area contributed by atoms with Gasteiger partial charge < -0.3 is 9.88 Å². The molecule has 3 aromatic heterocycles. The lowest BCUT2D eigenvalue weighted by Crippen LogP contribution is -2.51. The third-order valence-corrected chi connectivity index (χ3v) is 11.9. The Kier molecular flexibility index (Phi) is 9.71. The van der Waals surface area contributed by atoms with E-state index in [-0.39, 0.29) is 33.0 Å². The van der Waals surface area contributed by atoms with Crippen molar-refractivity contribution in [1.29, 1.82) is 5.26 Å². The summed E-state index contributed by atoms with van der Waals surface area (Å²) in [6.07, 6.45) is -1.86. The van der Waals surface area contributed by atoms with Gasteiger partial charge in [0.2, 0.25) is 10.0 Å². The molecule has 0 aliphatic carbocycles. The first-order valence-electron chi connectivity index (χ1n) is 15.9. The van der Waals surface area contributed by atoms with Gasteiger partial charge in [-0.1, -0.05) is 6.07 Å². The maximum Gasteiger partial charge on any atom is 0.393 e. The van der Waals surface area contributed by atoms with Crippen molar-refractivity contribution in [2.24, 2.45) is 0 Å². The summed E-state index contributed by atoms with van der Waals surface area (Å²) < 4.78 is 81.3. The van der Waals surface area contributed by atoms with Gasteiger partial charge in [0.1, 0.15) is 28.7 Å². The molecule has 1 N–H and O–H groups in total. The van der Waals surface area contributed by atoms with Crippen LogP contribution in [-0.2, 0) is 29.5 Å². The van der Waals surface area contributed by atoms with Gasteiger partial charge in [0, 0.05) is 75.3 Å². The van der Waals surface area contributed by atoms with E-state index in [0.717, 1.165) is 54.5 Å². The van der Waals surface area contributed by atoms with Crippen LogP contribution in [0.2, 0.25) is 0 Å². The normalized spacial score (nSPS) is 18.5. The lowest BCUT2D eigenvalue weighted by Gasteiger charge is -2.37. The van der Waals surface area contributed by atoms with Crippen LogP contribution in [0.3, 0.4) is 0 Å². The van der Waals surface area contributed by atoms with Gasteiger partial charge in [-0.15, -0.1) is 11.3 Å². The Morgan fingerprint density at radius 1 is 1.12 bits per heavy atom. The number of rotatable bonds is 9. The lowest BCUT2D eigenvalue weighted by atomic mass is 10.0. The number of nitriles is 1. The monoisotopic (exact) mass is 706 g/mol. The number of aryl methyl sites for hydroxylation is 1. The number of nitrogens with one attached hydrogen (secondary N) is 1. The Bertz CT molecular complexity index is 1950. The van der Waals surface area contributed by atoms with Crippen LogP contribution in [0.25, 0.3) is 21.1 Å². The standard InChI is InChI=1S/C32H38F4N8O2S2/c1-20(42-10-12-43(13-11-42)48(3,45)46)17-44-24(16-37)14-25-21(2)22(4-5-26(25)44)18-41-8-6-23(7-9-41)40-30-28-29(33)27(15-32(34,35)36)47-31(28)39-19-38-30/h4-5,14,19-20,23H,6-13,15,17-18H2,1-3H3,(H,38,39,40)/t20-/m0/s1. The average molecular weight is 707 g/mol. The van der Waals surface area contributed by atoms with Crippen LogP contribution in [-0.4, -0.2) is 101 Å². The molecular formula is C32H38F4N8O2S2.